The zero-order chi connectivity index (χ0) is 10.4. The normalized spacial score (nSPS) is 9.79. The van der Waals surface area contributed by atoms with Gasteiger partial charge in [-0.1, -0.05) is 26.0 Å². The van der Waals surface area contributed by atoms with Gasteiger partial charge in [-0.25, -0.2) is 4.79 Å². The molecule has 0 amide bonds. The second-order valence-electron chi connectivity index (χ2n) is 2.95. The van der Waals surface area contributed by atoms with Gasteiger partial charge in [-0.2, -0.15) is 0 Å². The van der Waals surface area contributed by atoms with Crippen LogP contribution < -0.4 is 0 Å². The molecule has 0 fully saturated rings. The fourth-order valence-corrected chi connectivity index (χ4v) is 1.63. The minimum atomic E-state index is -0.305. The van der Waals surface area contributed by atoms with Gasteiger partial charge in [0, 0.05) is 4.88 Å². The summed E-state index contributed by atoms with van der Waals surface area (Å²) in [6.45, 7) is 6.26. The molecule has 0 aromatic carbocycles. The second-order valence-corrected chi connectivity index (χ2v) is 3.89. The average molecular weight is 210 g/mol. The van der Waals surface area contributed by atoms with Gasteiger partial charge in [0.2, 0.25) is 0 Å². The quantitative estimate of drug-likeness (QED) is 0.424. The Morgan fingerprint density at radius 2 is 2.43 bits per heavy atom. The highest BCUT2D eigenvalue weighted by Gasteiger charge is 2.10. The van der Waals surface area contributed by atoms with Gasteiger partial charge in [0.15, 0.2) is 0 Å². The highest BCUT2D eigenvalue weighted by atomic mass is 32.1. The van der Waals surface area contributed by atoms with Crippen LogP contribution in [0.3, 0.4) is 0 Å². The van der Waals surface area contributed by atoms with Crippen molar-refractivity contribution in [3.05, 3.63) is 29.0 Å². The maximum absolute atomic E-state index is 11.4. The van der Waals surface area contributed by atoms with Crippen LogP contribution in [-0.4, -0.2) is 12.6 Å². The number of carbonyl (C=O) groups excluding carboxylic acids is 1. The third kappa shape index (κ3) is 3.00. The predicted octanol–water partition coefficient (Wildman–Crippen LogP) is 3.10. The minimum absolute atomic E-state index is 0.305. The van der Waals surface area contributed by atoms with Crippen molar-refractivity contribution in [2.75, 3.05) is 6.61 Å². The van der Waals surface area contributed by atoms with Crippen LogP contribution in [0.4, 0.5) is 0 Å². The van der Waals surface area contributed by atoms with E-state index in [0.717, 1.165) is 17.7 Å². The third-order valence-electron chi connectivity index (χ3n) is 1.80. The molecule has 0 bridgehead atoms. The van der Waals surface area contributed by atoms with Crippen LogP contribution in [0.5, 0.6) is 0 Å². The number of hydrogen-bond donors (Lipinski definition) is 0. The second kappa shape index (κ2) is 5.60. The Morgan fingerprint density at radius 1 is 1.64 bits per heavy atom. The minimum Gasteiger partial charge on any atom is -0.462 e. The van der Waals surface area contributed by atoms with Crippen molar-refractivity contribution >= 4 is 22.9 Å². The summed E-state index contributed by atoms with van der Waals surface area (Å²) in [5, 5.41) is 1.92. The molecule has 0 atom stereocenters. The zero-order valence-corrected chi connectivity index (χ0v) is 9.10. The van der Waals surface area contributed by atoms with Crippen molar-refractivity contribution in [3.8, 4) is 0 Å². The number of carbonyl (C=O) groups is 1. The van der Waals surface area contributed by atoms with Crippen LogP contribution in [0.25, 0.3) is 5.57 Å². The molecule has 0 saturated carbocycles. The standard InChI is InChI=1S/C11H14O2S/c1-3-4-7-13-11(12)9(2)10-6-5-8-14-10/h5-6,8H,2-4,7H2,1H3. The first-order chi connectivity index (χ1) is 6.75. The predicted molar refractivity (Wildman–Crippen MR) is 59.2 cm³/mol. The van der Waals surface area contributed by atoms with Gasteiger partial charge >= 0.3 is 5.97 Å². The summed E-state index contributed by atoms with van der Waals surface area (Å²) < 4.78 is 5.04. The first kappa shape index (κ1) is 11.0. The van der Waals surface area contributed by atoms with Gasteiger partial charge in [0.25, 0.3) is 0 Å². The van der Waals surface area contributed by atoms with E-state index in [1.165, 1.54) is 11.3 Å². The van der Waals surface area contributed by atoms with Crippen molar-refractivity contribution < 1.29 is 9.53 Å². The average Bonchev–Trinajstić information content (AvgIpc) is 2.69. The number of thiophene rings is 1. The Hall–Kier alpha value is -1.09. The highest BCUT2D eigenvalue weighted by Crippen LogP contribution is 2.19. The van der Waals surface area contributed by atoms with E-state index < -0.39 is 0 Å². The van der Waals surface area contributed by atoms with Crippen LogP contribution in [-0.2, 0) is 9.53 Å². The SMILES string of the molecule is C=C(C(=O)OCCCC)c1cccs1. The molecule has 0 N–H and O–H groups in total. The number of unbranched alkanes of at least 4 members (excludes halogenated alkanes) is 1. The third-order valence-corrected chi connectivity index (χ3v) is 2.73. The molecule has 76 valence electrons. The van der Waals surface area contributed by atoms with Crippen LogP contribution in [0, 0.1) is 0 Å². The summed E-state index contributed by atoms with van der Waals surface area (Å²) in [7, 11) is 0. The van der Waals surface area contributed by atoms with Crippen LogP contribution in [0.15, 0.2) is 24.1 Å². The number of hydrogen-bond acceptors (Lipinski definition) is 3. The molecule has 3 heteroatoms. The molecule has 1 rings (SSSR count). The molecule has 14 heavy (non-hydrogen) atoms. The van der Waals surface area contributed by atoms with Crippen LogP contribution in [0.1, 0.15) is 24.6 Å². The lowest BCUT2D eigenvalue weighted by atomic mass is 10.2. The summed E-state index contributed by atoms with van der Waals surface area (Å²) in [5.74, 6) is -0.305. The van der Waals surface area contributed by atoms with E-state index in [4.69, 9.17) is 4.74 Å². The van der Waals surface area contributed by atoms with Gasteiger partial charge < -0.3 is 4.74 Å². The fourth-order valence-electron chi connectivity index (χ4n) is 0.947. The van der Waals surface area contributed by atoms with Gasteiger partial charge in [-0.15, -0.1) is 11.3 Å². The van der Waals surface area contributed by atoms with E-state index in [1.54, 1.807) is 0 Å². The molecule has 0 aliphatic rings. The summed E-state index contributed by atoms with van der Waals surface area (Å²) >= 11 is 1.50. The largest absolute Gasteiger partial charge is 0.462 e. The van der Waals surface area contributed by atoms with E-state index in [-0.39, 0.29) is 5.97 Å². The van der Waals surface area contributed by atoms with Gasteiger partial charge in [0.1, 0.15) is 0 Å². The zero-order valence-electron chi connectivity index (χ0n) is 8.29. The lowest BCUT2D eigenvalue weighted by molar-refractivity contribution is -0.136. The molecular formula is C11H14O2S. The number of ether oxygens (including phenoxy) is 1. The molecule has 0 unspecified atom stereocenters. The van der Waals surface area contributed by atoms with Crippen LogP contribution >= 0.6 is 11.3 Å². The van der Waals surface area contributed by atoms with Gasteiger partial charge in [0.05, 0.1) is 12.2 Å². The highest BCUT2D eigenvalue weighted by molar-refractivity contribution is 7.11. The van der Waals surface area contributed by atoms with E-state index in [9.17, 15) is 4.79 Å². The smallest absolute Gasteiger partial charge is 0.338 e. The number of rotatable bonds is 5. The first-order valence-corrected chi connectivity index (χ1v) is 5.53. The van der Waals surface area contributed by atoms with E-state index in [2.05, 4.69) is 13.5 Å². The van der Waals surface area contributed by atoms with Crippen molar-refractivity contribution in [1.82, 2.24) is 0 Å². The van der Waals surface area contributed by atoms with Gasteiger partial charge in [-0.3, -0.25) is 0 Å². The van der Waals surface area contributed by atoms with Crippen molar-refractivity contribution in [2.24, 2.45) is 0 Å². The fraction of sp³-hybridized carbons (Fsp3) is 0.364. The lowest BCUT2D eigenvalue weighted by Gasteiger charge is -2.04. The van der Waals surface area contributed by atoms with Gasteiger partial charge in [-0.05, 0) is 17.9 Å². The number of esters is 1. The molecule has 1 heterocycles. The summed E-state index contributed by atoms with van der Waals surface area (Å²) in [6.07, 6.45) is 1.93. The molecule has 0 radical (unpaired) electrons. The van der Waals surface area contributed by atoms with E-state index in [0.29, 0.717) is 12.2 Å². The monoisotopic (exact) mass is 210 g/mol. The maximum atomic E-state index is 11.4. The Labute approximate surface area is 88.2 Å². The molecular weight excluding hydrogens is 196 g/mol. The van der Waals surface area contributed by atoms with E-state index >= 15 is 0 Å². The molecule has 1 aromatic rings. The van der Waals surface area contributed by atoms with Crippen molar-refractivity contribution in [1.29, 1.82) is 0 Å². The lowest BCUT2D eigenvalue weighted by Crippen LogP contribution is -2.06. The molecule has 0 aliphatic carbocycles. The van der Waals surface area contributed by atoms with Crippen molar-refractivity contribution in [3.63, 3.8) is 0 Å². The Bertz CT molecular complexity index is 301. The van der Waals surface area contributed by atoms with Crippen LogP contribution in [0.2, 0.25) is 0 Å². The molecule has 2 nitrogen and oxygen atoms in total. The van der Waals surface area contributed by atoms with Crippen molar-refractivity contribution in [2.45, 2.75) is 19.8 Å². The molecule has 1 aromatic heterocycles. The molecule has 0 spiro atoms. The summed E-state index contributed by atoms with van der Waals surface area (Å²) in [5.41, 5.74) is 0.455. The Balaban J connectivity index is 2.42. The Morgan fingerprint density at radius 3 is 3.00 bits per heavy atom. The molecule has 0 saturated heterocycles. The summed E-state index contributed by atoms with van der Waals surface area (Å²) in [6, 6.07) is 3.76. The first-order valence-electron chi connectivity index (χ1n) is 4.65. The maximum Gasteiger partial charge on any atom is 0.338 e. The Kier molecular flexibility index (Phi) is 4.40. The molecule has 0 aliphatic heterocycles. The summed E-state index contributed by atoms with van der Waals surface area (Å²) in [4.78, 5) is 12.3. The topological polar surface area (TPSA) is 26.3 Å². The van der Waals surface area contributed by atoms with E-state index in [1.807, 2.05) is 17.5 Å².